The predicted molar refractivity (Wildman–Crippen MR) is 70.5 cm³/mol. The molecular weight excluding hydrogens is 305 g/mol. The molecule has 1 N–H and O–H groups in total. The number of hydrogen-bond donors (Lipinski definition) is 1. The highest BCUT2D eigenvalue weighted by atomic mass is 19.4. The number of benzene rings is 1. The molecule has 1 amide bonds. The van der Waals surface area contributed by atoms with Crippen molar-refractivity contribution in [2.75, 3.05) is 0 Å². The Hall–Kier alpha value is -1.66. The zero-order valence-corrected chi connectivity index (χ0v) is 11.7. The molecule has 0 aromatic heterocycles. The van der Waals surface area contributed by atoms with E-state index in [0.29, 0.717) is 12.8 Å². The molecular formula is C15H16F5NO. The van der Waals surface area contributed by atoms with E-state index in [0.717, 1.165) is 12.1 Å². The van der Waals surface area contributed by atoms with Crippen LogP contribution < -0.4 is 5.32 Å². The van der Waals surface area contributed by atoms with E-state index in [1.165, 1.54) is 12.1 Å². The minimum atomic E-state index is -4.47. The second-order valence-electron chi connectivity index (χ2n) is 5.59. The fourth-order valence-corrected chi connectivity index (χ4v) is 2.62. The number of carbonyl (C=O) groups excluding carboxylic acids is 1. The van der Waals surface area contributed by atoms with Crippen LogP contribution in [0.25, 0.3) is 0 Å². The number of halogens is 5. The third kappa shape index (κ3) is 4.68. The Labute approximate surface area is 124 Å². The molecule has 1 aliphatic rings. The van der Waals surface area contributed by atoms with Gasteiger partial charge in [-0.05, 0) is 24.5 Å². The third-order valence-electron chi connectivity index (χ3n) is 3.62. The van der Waals surface area contributed by atoms with Crippen LogP contribution >= 0.6 is 0 Å². The highest BCUT2D eigenvalue weighted by Crippen LogP contribution is 2.33. The molecule has 122 valence electrons. The van der Waals surface area contributed by atoms with Crippen LogP contribution in [0.1, 0.15) is 36.8 Å². The van der Waals surface area contributed by atoms with Crippen molar-refractivity contribution in [2.24, 2.45) is 0 Å². The number of carbonyl (C=O) groups is 1. The maximum atomic E-state index is 13.2. The molecule has 0 heterocycles. The van der Waals surface area contributed by atoms with Gasteiger partial charge < -0.3 is 5.32 Å². The van der Waals surface area contributed by atoms with Crippen LogP contribution in [0.2, 0.25) is 0 Å². The molecule has 0 spiro atoms. The molecule has 7 heteroatoms. The summed E-state index contributed by atoms with van der Waals surface area (Å²) in [6.45, 7) is 0. The summed E-state index contributed by atoms with van der Waals surface area (Å²) < 4.78 is 64.2. The van der Waals surface area contributed by atoms with Crippen molar-refractivity contribution in [3.8, 4) is 0 Å². The van der Waals surface area contributed by atoms with Crippen LogP contribution in [0, 0.1) is 0 Å². The van der Waals surface area contributed by atoms with Gasteiger partial charge in [-0.3, -0.25) is 4.79 Å². The number of amides is 1. The zero-order chi connectivity index (χ0) is 16.4. The summed E-state index contributed by atoms with van der Waals surface area (Å²) in [5.74, 6) is -3.33. The molecule has 1 aliphatic carbocycles. The molecule has 1 atom stereocenters. The largest absolute Gasteiger partial charge is 0.416 e. The lowest BCUT2D eigenvalue weighted by Gasteiger charge is -2.29. The second-order valence-corrected chi connectivity index (χ2v) is 5.59. The Bertz CT molecular complexity index is 541. The van der Waals surface area contributed by atoms with E-state index in [1.54, 1.807) is 0 Å². The summed E-state index contributed by atoms with van der Waals surface area (Å²) in [4.78, 5) is 11.8. The van der Waals surface area contributed by atoms with E-state index < -0.39 is 36.0 Å². The lowest BCUT2D eigenvalue weighted by atomic mass is 9.92. The van der Waals surface area contributed by atoms with E-state index in [9.17, 15) is 26.7 Å². The molecule has 0 bridgehead atoms. The first-order chi connectivity index (χ1) is 10.2. The Morgan fingerprint density at radius 1 is 1.32 bits per heavy atom. The molecule has 2 rings (SSSR count). The van der Waals surface area contributed by atoms with Crippen LogP contribution in [0.5, 0.6) is 0 Å². The van der Waals surface area contributed by atoms with Gasteiger partial charge >= 0.3 is 6.18 Å². The van der Waals surface area contributed by atoms with Crippen LogP contribution in [0.4, 0.5) is 22.0 Å². The number of alkyl halides is 5. The Morgan fingerprint density at radius 3 is 2.68 bits per heavy atom. The smallest absolute Gasteiger partial charge is 0.353 e. The second kappa shape index (κ2) is 6.22. The average molecular weight is 321 g/mol. The molecule has 1 unspecified atom stereocenters. The third-order valence-corrected chi connectivity index (χ3v) is 3.62. The van der Waals surface area contributed by atoms with Gasteiger partial charge in [0, 0.05) is 18.9 Å². The van der Waals surface area contributed by atoms with Crippen LogP contribution in [-0.4, -0.2) is 17.9 Å². The van der Waals surface area contributed by atoms with Crippen molar-refractivity contribution >= 4 is 5.91 Å². The van der Waals surface area contributed by atoms with Crippen molar-refractivity contribution in [1.82, 2.24) is 5.32 Å². The maximum absolute atomic E-state index is 13.2. The molecule has 0 saturated heterocycles. The first kappa shape index (κ1) is 16.7. The summed E-state index contributed by atoms with van der Waals surface area (Å²) in [7, 11) is 0. The molecule has 22 heavy (non-hydrogen) atoms. The topological polar surface area (TPSA) is 29.1 Å². The zero-order valence-electron chi connectivity index (χ0n) is 11.7. The Morgan fingerprint density at radius 2 is 2.05 bits per heavy atom. The standard InChI is InChI=1S/C15H16F5NO/c16-14(17)6-2-5-12(9-14)21-13(22)8-10-3-1-4-11(7-10)15(18,19)20/h1,3-4,7,12H,2,5-6,8-9H2,(H,21,22). The number of rotatable bonds is 3. The van der Waals surface area contributed by atoms with E-state index in [-0.39, 0.29) is 18.4 Å². The highest BCUT2D eigenvalue weighted by Gasteiger charge is 2.36. The summed E-state index contributed by atoms with van der Waals surface area (Å²) >= 11 is 0. The van der Waals surface area contributed by atoms with Gasteiger partial charge in [0.15, 0.2) is 0 Å². The molecule has 1 fully saturated rings. The van der Waals surface area contributed by atoms with Gasteiger partial charge in [0.1, 0.15) is 0 Å². The normalized spacial score (nSPS) is 21.4. The van der Waals surface area contributed by atoms with Crippen molar-refractivity contribution in [3.05, 3.63) is 35.4 Å². The molecule has 1 aromatic carbocycles. The van der Waals surface area contributed by atoms with Gasteiger partial charge in [-0.15, -0.1) is 0 Å². The van der Waals surface area contributed by atoms with Gasteiger partial charge in [-0.2, -0.15) is 13.2 Å². The van der Waals surface area contributed by atoms with Crippen molar-refractivity contribution in [1.29, 1.82) is 0 Å². The first-order valence-electron chi connectivity index (χ1n) is 6.99. The van der Waals surface area contributed by atoms with E-state index in [2.05, 4.69) is 5.32 Å². The van der Waals surface area contributed by atoms with Gasteiger partial charge in [0.2, 0.25) is 11.8 Å². The van der Waals surface area contributed by atoms with Gasteiger partial charge in [0.25, 0.3) is 0 Å². The van der Waals surface area contributed by atoms with Crippen LogP contribution in [-0.2, 0) is 17.4 Å². The first-order valence-corrected chi connectivity index (χ1v) is 6.99. The summed E-state index contributed by atoms with van der Waals surface area (Å²) in [6, 6.07) is 3.82. The quantitative estimate of drug-likeness (QED) is 0.840. The fraction of sp³-hybridized carbons (Fsp3) is 0.533. The molecule has 0 radical (unpaired) electrons. The number of nitrogens with one attached hydrogen (secondary N) is 1. The molecule has 0 aliphatic heterocycles. The monoisotopic (exact) mass is 321 g/mol. The van der Waals surface area contributed by atoms with E-state index in [1.807, 2.05) is 0 Å². The van der Waals surface area contributed by atoms with E-state index >= 15 is 0 Å². The molecule has 1 aromatic rings. The lowest BCUT2D eigenvalue weighted by molar-refractivity contribution is -0.137. The van der Waals surface area contributed by atoms with Gasteiger partial charge in [0.05, 0.1) is 12.0 Å². The van der Waals surface area contributed by atoms with Crippen molar-refractivity contribution < 1.29 is 26.7 Å². The Kier molecular flexibility index (Phi) is 4.72. The highest BCUT2D eigenvalue weighted by molar-refractivity contribution is 5.78. The fourth-order valence-electron chi connectivity index (χ4n) is 2.62. The molecule has 1 saturated carbocycles. The van der Waals surface area contributed by atoms with E-state index in [4.69, 9.17) is 0 Å². The SMILES string of the molecule is O=C(Cc1cccc(C(F)(F)F)c1)NC1CCCC(F)(F)C1. The summed E-state index contributed by atoms with van der Waals surface area (Å²) in [5.41, 5.74) is -0.628. The minimum Gasteiger partial charge on any atom is -0.353 e. The van der Waals surface area contributed by atoms with Crippen molar-refractivity contribution in [2.45, 2.75) is 50.2 Å². The van der Waals surface area contributed by atoms with Gasteiger partial charge in [-0.25, -0.2) is 8.78 Å². The average Bonchev–Trinajstić information content (AvgIpc) is 2.36. The van der Waals surface area contributed by atoms with Crippen LogP contribution in [0.15, 0.2) is 24.3 Å². The summed E-state index contributed by atoms with van der Waals surface area (Å²) in [5, 5.41) is 2.48. The lowest BCUT2D eigenvalue weighted by Crippen LogP contribution is -2.42. The maximum Gasteiger partial charge on any atom is 0.416 e. The predicted octanol–water partition coefficient (Wildman–Crippen LogP) is 3.94. The van der Waals surface area contributed by atoms with Gasteiger partial charge in [-0.1, -0.05) is 18.2 Å². The number of hydrogen-bond acceptors (Lipinski definition) is 1. The molecule has 2 nitrogen and oxygen atoms in total. The van der Waals surface area contributed by atoms with Crippen LogP contribution in [0.3, 0.4) is 0 Å². The van der Waals surface area contributed by atoms with Crippen molar-refractivity contribution in [3.63, 3.8) is 0 Å². The summed E-state index contributed by atoms with van der Waals surface area (Å²) in [6.07, 6.45) is -4.55. The Balaban J connectivity index is 1.95. The minimum absolute atomic E-state index is 0.188.